The van der Waals surface area contributed by atoms with Crippen LogP contribution in [0.15, 0.2) is 30.3 Å². The maximum absolute atomic E-state index is 14.0. The third-order valence-electron chi connectivity index (χ3n) is 4.47. The monoisotopic (exact) mass is 376 g/mol. The SMILES string of the molecule is O=C(Nc1cc(F)cc(N2CCCC2)c1)c1cc(Cl)c2c(c1)OCCO2. The van der Waals surface area contributed by atoms with Crippen molar-refractivity contribution < 1.29 is 18.7 Å². The minimum atomic E-state index is -0.387. The predicted molar refractivity (Wildman–Crippen MR) is 98.2 cm³/mol. The van der Waals surface area contributed by atoms with Gasteiger partial charge in [-0.2, -0.15) is 0 Å². The van der Waals surface area contributed by atoms with Crippen molar-refractivity contribution in [2.45, 2.75) is 12.8 Å². The molecule has 26 heavy (non-hydrogen) atoms. The minimum Gasteiger partial charge on any atom is -0.486 e. The van der Waals surface area contributed by atoms with E-state index in [0.717, 1.165) is 31.6 Å². The molecule has 0 aromatic heterocycles. The van der Waals surface area contributed by atoms with Crippen LogP contribution in [0.4, 0.5) is 15.8 Å². The van der Waals surface area contributed by atoms with Gasteiger partial charge in [0, 0.05) is 30.0 Å². The van der Waals surface area contributed by atoms with Gasteiger partial charge in [-0.3, -0.25) is 4.79 Å². The standard InChI is InChI=1S/C19H18ClFN2O3/c20-16-7-12(8-17-18(16)26-6-5-25-17)19(24)22-14-9-13(21)10-15(11-14)23-3-1-2-4-23/h7-11H,1-6H2,(H,22,24). The third kappa shape index (κ3) is 3.42. The quantitative estimate of drug-likeness (QED) is 0.876. The Hall–Kier alpha value is -2.47. The number of fused-ring (bicyclic) bond motifs is 1. The van der Waals surface area contributed by atoms with Gasteiger partial charge < -0.3 is 19.7 Å². The van der Waals surface area contributed by atoms with E-state index in [1.807, 2.05) is 0 Å². The molecule has 136 valence electrons. The van der Waals surface area contributed by atoms with Gasteiger partial charge in [-0.05, 0) is 43.2 Å². The van der Waals surface area contributed by atoms with Crippen molar-refractivity contribution in [3.63, 3.8) is 0 Å². The highest BCUT2D eigenvalue weighted by Crippen LogP contribution is 2.38. The van der Waals surface area contributed by atoms with E-state index >= 15 is 0 Å². The molecule has 0 saturated carbocycles. The summed E-state index contributed by atoms with van der Waals surface area (Å²) in [5, 5.41) is 3.05. The molecule has 0 atom stereocenters. The van der Waals surface area contributed by atoms with E-state index in [1.165, 1.54) is 18.2 Å². The fourth-order valence-corrected chi connectivity index (χ4v) is 3.51. The second-order valence-electron chi connectivity index (χ2n) is 6.33. The Bertz CT molecular complexity index is 853. The van der Waals surface area contributed by atoms with E-state index in [0.29, 0.717) is 41.0 Å². The largest absolute Gasteiger partial charge is 0.486 e. The van der Waals surface area contributed by atoms with Gasteiger partial charge in [0.2, 0.25) is 0 Å². The Balaban J connectivity index is 1.57. The molecule has 0 aliphatic carbocycles. The highest BCUT2D eigenvalue weighted by molar-refractivity contribution is 6.32. The Labute approximate surface area is 155 Å². The first-order valence-electron chi connectivity index (χ1n) is 8.56. The molecular formula is C19H18ClFN2O3. The normalized spacial score (nSPS) is 15.8. The zero-order valence-corrected chi connectivity index (χ0v) is 14.8. The molecule has 2 aromatic carbocycles. The van der Waals surface area contributed by atoms with Gasteiger partial charge >= 0.3 is 0 Å². The molecule has 4 rings (SSSR count). The van der Waals surface area contributed by atoms with Crippen LogP contribution in [-0.4, -0.2) is 32.2 Å². The Morgan fingerprint density at radius 2 is 1.85 bits per heavy atom. The maximum atomic E-state index is 14.0. The second-order valence-corrected chi connectivity index (χ2v) is 6.74. The van der Waals surface area contributed by atoms with Gasteiger partial charge in [0.05, 0.1) is 5.02 Å². The number of carbonyl (C=O) groups is 1. The predicted octanol–water partition coefficient (Wildman–Crippen LogP) is 4.10. The van der Waals surface area contributed by atoms with Crippen molar-refractivity contribution in [1.82, 2.24) is 0 Å². The summed E-state index contributed by atoms with van der Waals surface area (Å²) in [6, 6.07) is 7.67. The van der Waals surface area contributed by atoms with Crippen molar-refractivity contribution in [2.24, 2.45) is 0 Å². The molecule has 2 aliphatic heterocycles. The number of halogens is 2. The van der Waals surface area contributed by atoms with E-state index in [4.69, 9.17) is 21.1 Å². The molecule has 1 N–H and O–H groups in total. The van der Waals surface area contributed by atoms with Gasteiger partial charge in [0.25, 0.3) is 5.91 Å². The molecule has 0 bridgehead atoms. The molecule has 1 amide bonds. The number of nitrogens with zero attached hydrogens (tertiary/aromatic N) is 1. The highest BCUT2D eigenvalue weighted by Gasteiger charge is 2.20. The van der Waals surface area contributed by atoms with Gasteiger partial charge in [-0.25, -0.2) is 4.39 Å². The number of rotatable bonds is 3. The molecule has 2 heterocycles. The summed E-state index contributed by atoms with van der Waals surface area (Å²) in [4.78, 5) is 14.7. The number of ether oxygens (including phenoxy) is 2. The van der Waals surface area contributed by atoms with Crippen LogP contribution >= 0.6 is 11.6 Å². The smallest absolute Gasteiger partial charge is 0.255 e. The number of benzene rings is 2. The summed E-state index contributed by atoms with van der Waals surface area (Å²) in [6.45, 7) is 2.61. The summed E-state index contributed by atoms with van der Waals surface area (Å²) in [5.74, 6) is 0.106. The fraction of sp³-hybridized carbons (Fsp3) is 0.316. The van der Waals surface area contributed by atoms with Crippen molar-refractivity contribution in [1.29, 1.82) is 0 Å². The lowest BCUT2D eigenvalue weighted by Crippen LogP contribution is -2.19. The van der Waals surface area contributed by atoms with Gasteiger partial charge in [-0.15, -0.1) is 0 Å². The van der Waals surface area contributed by atoms with Crippen molar-refractivity contribution >= 4 is 28.9 Å². The zero-order chi connectivity index (χ0) is 18.1. The maximum Gasteiger partial charge on any atom is 0.255 e. The molecule has 5 nitrogen and oxygen atoms in total. The third-order valence-corrected chi connectivity index (χ3v) is 4.75. The van der Waals surface area contributed by atoms with Crippen LogP contribution < -0.4 is 19.7 Å². The lowest BCUT2D eigenvalue weighted by atomic mass is 10.1. The average molecular weight is 377 g/mol. The van der Waals surface area contributed by atoms with E-state index in [1.54, 1.807) is 12.1 Å². The Morgan fingerprint density at radius 1 is 1.08 bits per heavy atom. The molecule has 0 spiro atoms. The number of carbonyl (C=O) groups excluding carboxylic acids is 1. The number of hydrogen-bond donors (Lipinski definition) is 1. The Morgan fingerprint density at radius 3 is 2.65 bits per heavy atom. The van der Waals surface area contributed by atoms with E-state index < -0.39 is 0 Å². The fourth-order valence-electron chi connectivity index (χ4n) is 3.25. The summed E-state index contributed by atoms with van der Waals surface area (Å²) in [5.41, 5.74) is 1.51. The van der Waals surface area contributed by atoms with Gasteiger partial charge in [0.15, 0.2) is 11.5 Å². The van der Waals surface area contributed by atoms with Crippen LogP contribution in [0, 0.1) is 5.82 Å². The lowest BCUT2D eigenvalue weighted by molar-refractivity contribution is 0.102. The number of anilines is 2. The highest BCUT2D eigenvalue weighted by atomic mass is 35.5. The van der Waals surface area contributed by atoms with Crippen LogP contribution in [0.5, 0.6) is 11.5 Å². The topological polar surface area (TPSA) is 50.8 Å². The first-order chi connectivity index (χ1) is 12.6. The van der Waals surface area contributed by atoms with Crippen LogP contribution in [-0.2, 0) is 0 Å². The van der Waals surface area contributed by atoms with Crippen LogP contribution in [0.1, 0.15) is 23.2 Å². The molecule has 1 saturated heterocycles. The minimum absolute atomic E-state index is 0.310. The second kappa shape index (κ2) is 7.03. The first-order valence-corrected chi connectivity index (χ1v) is 8.94. The van der Waals surface area contributed by atoms with Gasteiger partial charge in [-0.1, -0.05) is 11.6 Å². The number of nitrogens with one attached hydrogen (secondary N) is 1. The van der Waals surface area contributed by atoms with Crippen LogP contribution in [0.25, 0.3) is 0 Å². The molecule has 7 heteroatoms. The number of hydrogen-bond acceptors (Lipinski definition) is 4. The molecule has 2 aliphatic rings. The zero-order valence-electron chi connectivity index (χ0n) is 14.1. The van der Waals surface area contributed by atoms with E-state index in [9.17, 15) is 9.18 Å². The van der Waals surface area contributed by atoms with Crippen molar-refractivity contribution in [3.8, 4) is 11.5 Å². The van der Waals surface area contributed by atoms with Crippen LogP contribution in [0.2, 0.25) is 5.02 Å². The summed E-state index contributed by atoms with van der Waals surface area (Å²) in [6.07, 6.45) is 2.18. The molecule has 0 radical (unpaired) electrons. The first kappa shape index (κ1) is 17.0. The van der Waals surface area contributed by atoms with Crippen molar-refractivity contribution in [3.05, 3.63) is 46.7 Å². The average Bonchev–Trinajstić information content (AvgIpc) is 3.16. The molecular weight excluding hydrogens is 359 g/mol. The van der Waals surface area contributed by atoms with Gasteiger partial charge in [0.1, 0.15) is 19.0 Å². The lowest BCUT2D eigenvalue weighted by Gasteiger charge is -2.20. The Kier molecular flexibility index (Phi) is 4.59. The molecule has 0 unspecified atom stereocenters. The molecule has 1 fully saturated rings. The molecule has 2 aromatic rings. The van der Waals surface area contributed by atoms with Crippen molar-refractivity contribution in [2.75, 3.05) is 36.5 Å². The summed E-state index contributed by atoms with van der Waals surface area (Å²) < 4.78 is 24.9. The van der Waals surface area contributed by atoms with E-state index in [-0.39, 0.29) is 11.7 Å². The van der Waals surface area contributed by atoms with E-state index in [2.05, 4.69) is 10.2 Å². The summed E-state index contributed by atoms with van der Waals surface area (Å²) >= 11 is 6.18. The summed E-state index contributed by atoms with van der Waals surface area (Å²) in [7, 11) is 0. The van der Waals surface area contributed by atoms with Crippen LogP contribution in [0.3, 0.4) is 0 Å². The number of amides is 1.